The number of aliphatic carboxylic acids is 1. The molecule has 0 saturated carbocycles. The summed E-state index contributed by atoms with van der Waals surface area (Å²) in [5, 5.41) is 9.63. The van der Waals surface area contributed by atoms with Gasteiger partial charge in [-0.05, 0) is 79.7 Å². The molecule has 0 aliphatic carbocycles. The lowest BCUT2D eigenvalue weighted by Crippen LogP contribution is -2.38. The Hall–Kier alpha value is -3.35. The second kappa shape index (κ2) is 12.5. The van der Waals surface area contributed by atoms with Gasteiger partial charge >= 0.3 is 5.97 Å². The molecule has 1 aromatic heterocycles. The second-order valence-corrected chi connectivity index (χ2v) is 10.5. The van der Waals surface area contributed by atoms with Crippen molar-refractivity contribution in [1.29, 1.82) is 0 Å². The minimum Gasteiger partial charge on any atom is -0.481 e. The number of hydrogen-bond acceptors (Lipinski definition) is 4. The Morgan fingerprint density at radius 2 is 1.45 bits per heavy atom. The second-order valence-electron chi connectivity index (χ2n) is 10.1. The van der Waals surface area contributed by atoms with Crippen molar-refractivity contribution in [1.82, 2.24) is 14.5 Å². The molecular formula is C31H35ClN4O2. The predicted octanol–water partition coefficient (Wildman–Crippen LogP) is 5.90. The number of aryl methyl sites for hydroxylation is 1. The molecule has 0 spiro atoms. The van der Waals surface area contributed by atoms with Gasteiger partial charge in [0.15, 0.2) is 0 Å². The molecule has 1 N–H and O–H groups in total. The minimum absolute atomic E-state index is 0.182. The zero-order valence-corrected chi connectivity index (χ0v) is 22.5. The Morgan fingerprint density at radius 3 is 2.13 bits per heavy atom. The van der Waals surface area contributed by atoms with Gasteiger partial charge in [-0.1, -0.05) is 60.1 Å². The number of carbonyl (C=O) groups is 1. The van der Waals surface area contributed by atoms with Crippen molar-refractivity contribution in [2.75, 3.05) is 37.6 Å². The number of carboxylic acids is 1. The number of nitrogens with zero attached hydrogens (tertiary/aromatic N) is 4. The van der Waals surface area contributed by atoms with Crippen molar-refractivity contribution in [3.63, 3.8) is 0 Å². The number of hydrogen-bond donors (Lipinski definition) is 1. The van der Waals surface area contributed by atoms with E-state index in [0.717, 1.165) is 86.1 Å². The maximum Gasteiger partial charge on any atom is 0.303 e. The van der Waals surface area contributed by atoms with Crippen LogP contribution in [0.15, 0.2) is 72.8 Å². The topological polar surface area (TPSA) is 61.6 Å². The minimum atomic E-state index is -0.747. The molecule has 2 heterocycles. The first-order chi connectivity index (χ1) is 18.5. The van der Waals surface area contributed by atoms with E-state index >= 15 is 0 Å². The van der Waals surface area contributed by atoms with Crippen molar-refractivity contribution in [3.8, 4) is 0 Å². The molecule has 3 aromatic carbocycles. The molecule has 5 rings (SSSR count). The Balaban J connectivity index is 1.20. The number of fused-ring (bicyclic) bond motifs is 1. The highest BCUT2D eigenvalue weighted by atomic mass is 35.5. The number of anilines is 1. The molecule has 0 unspecified atom stereocenters. The van der Waals surface area contributed by atoms with Crippen molar-refractivity contribution < 1.29 is 9.90 Å². The van der Waals surface area contributed by atoms with Crippen LogP contribution in [0.2, 0.25) is 5.02 Å². The normalized spacial score (nSPS) is 14.9. The van der Waals surface area contributed by atoms with Crippen LogP contribution < -0.4 is 4.90 Å². The molecule has 0 radical (unpaired) electrons. The Bertz CT molecular complexity index is 1340. The van der Waals surface area contributed by atoms with Gasteiger partial charge in [0.2, 0.25) is 5.95 Å². The molecule has 7 heteroatoms. The molecule has 4 aromatic rings. The summed E-state index contributed by atoms with van der Waals surface area (Å²) < 4.78 is 2.35. The van der Waals surface area contributed by atoms with Crippen molar-refractivity contribution in [2.24, 2.45) is 0 Å². The maximum absolute atomic E-state index is 10.8. The van der Waals surface area contributed by atoms with E-state index in [9.17, 15) is 4.79 Å². The van der Waals surface area contributed by atoms with Crippen molar-refractivity contribution in [2.45, 2.75) is 38.6 Å². The first kappa shape index (κ1) is 26.3. The average molecular weight is 531 g/mol. The molecule has 1 aliphatic rings. The largest absolute Gasteiger partial charge is 0.481 e. The highest BCUT2D eigenvalue weighted by Crippen LogP contribution is 2.25. The number of rotatable bonds is 9. The lowest BCUT2D eigenvalue weighted by molar-refractivity contribution is -0.136. The fourth-order valence-corrected chi connectivity index (χ4v) is 5.39. The Morgan fingerprint density at radius 1 is 0.816 bits per heavy atom. The number of carboxylic acid groups (broad SMARTS) is 1. The zero-order valence-electron chi connectivity index (χ0n) is 21.7. The number of imidazole rings is 1. The first-order valence-electron chi connectivity index (χ1n) is 13.5. The molecule has 0 atom stereocenters. The van der Waals surface area contributed by atoms with Crippen LogP contribution in [0.3, 0.4) is 0 Å². The van der Waals surface area contributed by atoms with Crippen LogP contribution in [0.25, 0.3) is 11.0 Å². The van der Waals surface area contributed by atoms with Gasteiger partial charge < -0.3 is 19.5 Å². The fraction of sp³-hybridized carbons (Fsp3) is 0.355. The maximum atomic E-state index is 10.8. The standard InChI is InChI=1S/C31H35ClN4O2/c32-27-14-11-26(12-15-27)23-36-29-6-2-1-5-28(29)33-31(36)35-20-3-18-34(19-4-21-35)22-17-25-9-7-24(8-10-25)13-16-30(37)38/h1-2,5-12,14-15H,3-4,13,16-23H2,(H,37,38). The summed E-state index contributed by atoms with van der Waals surface area (Å²) in [7, 11) is 0. The molecule has 0 amide bonds. The molecule has 0 bridgehead atoms. The van der Waals surface area contributed by atoms with Crippen LogP contribution in [0.1, 0.15) is 36.0 Å². The molecular weight excluding hydrogens is 496 g/mol. The number of para-hydroxylation sites is 2. The number of aromatic nitrogens is 2. The Labute approximate surface area is 229 Å². The third-order valence-electron chi connectivity index (χ3n) is 7.34. The molecule has 38 heavy (non-hydrogen) atoms. The average Bonchev–Trinajstić information content (AvgIpc) is 3.27. The van der Waals surface area contributed by atoms with Crippen LogP contribution in [-0.2, 0) is 24.2 Å². The van der Waals surface area contributed by atoms with E-state index in [1.807, 2.05) is 12.1 Å². The third-order valence-corrected chi connectivity index (χ3v) is 7.60. The van der Waals surface area contributed by atoms with E-state index in [-0.39, 0.29) is 6.42 Å². The first-order valence-corrected chi connectivity index (χ1v) is 13.9. The van der Waals surface area contributed by atoms with E-state index in [1.165, 1.54) is 11.1 Å². The smallest absolute Gasteiger partial charge is 0.303 e. The summed E-state index contributed by atoms with van der Waals surface area (Å²) in [6, 6.07) is 24.9. The summed E-state index contributed by atoms with van der Waals surface area (Å²) in [6.45, 7) is 5.93. The van der Waals surface area contributed by atoms with E-state index in [1.54, 1.807) is 0 Å². The molecule has 1 fully saturated rings. The summed E-state index contributed by atoms with van der Waals surface area (Å²) in [4.78, 5) is 20.9. The molecule has 1 aliphatic heterocycles. The van der Waals surface area contributed by atoms with Gasteiger partial charge in [-0.15, -0.1) is 0 Å². The summed E-state index contributed by atoms with van der Waals surface area (Å²) in [5.41, 5.74) is 5.81. The van der Waals surface area contributed by atoms with Gasteiger partial charge in [0.1, 0.15) is 0 Å². The zero-order chi connectivity index (χ0) is 26.3. The van der Waals surface area contributed by atoms with Gasteiger partial charge in [0, 0.05) is 31.1 Å². The number of halogens is 1. The SMILES string of the molecule is O=C(O)CCc1ccc(CCN2CCCN(c3nc4ccccc4n3Cc3ccc(Cl)cc3)CCC2)cc1. The third kappa shape index (κ3) is 6.74. The van der Waals surface area contributed by atoms with Crippen LogP contribution in [0.4, 0.5) is 5.95 Å². The van der Waals surface area contributed by atoms with Crippen LogP contribution >= 0.6 is 11.6 Å². The van der Waals surface area contributed by atoms with Gasteiger partial charge in [-0.3, -0.25) is 4.79 Å². The fourth-order valence-electron chi connectivity index (χ4n) is 5.26. The summed E-state index contributed by atoms with van der Waals surface area (Å²) in [5.74, 6) is 0.307. The number of benzene rings is 3. The van der Waals surface area contributed by atoms with E-state index < -0.39 is 5.97 Å². The van der Waals surface area contributed by atoms with E-state index in [2.05, 4.69) is 75.0 Å². The predicted molar refractivity (Wildman–Crippen MR) is 154 cm³/mol. The highest BCUT2D eigenvalue weighted by molar-refractivity contribution is 6.30. The van der Waals surface area contributed by atoms with E-state index in [0.29, 0.717) is 6.42 Å². The van der Waals surface area contributed by atoms with Crippen LogP contribution in [-0.4, -0.2) is 58.3 Å². The van der Waals surface area contributed by atoms with Gasteiger partial charge in [0.05, 0.1) is 17.6 Å². The summed E-state index contributed by atoms with van der Waals surface area (Å²) in [6.07, 6.45) is 3.98. The summed E-state index contributed by atoms with van der Waals surface area (Å²) >= 11 is 6.12. The monoisotopic (exact) mass is 530 g/mol. The van der Waals surface area contributed by atoms with Crippen molar-refractivity contribution in [3.05, 3.63) is 94.5 Å². The Kier molecular flexibility index (Phi) is 8.61. The lowest BCUT2D eigenvalue weighted by Gasteiger charge is -2.31. The van der Waals surface area contributed by atoms with Gasteiger partial charge in [-0.2, -0.15) is 0 Å². The highest BCUT2D eigenvalue weighted by Gasteiger charge is 2.20. The molecule has 1 saturated heterocycles. The lowest BCUT2D eigenvalue weighted by atomic mass is 10.1. The van der Waals surface area contributed by atoms with Gasteiger partial charge in [-0.25, -0.2) is 4.98 Å². The quantitative estimate of drug-likeness (QED) is 0.292. The van der Waals surface area contributed by atoms with Crippen LogP contribution in [0.5, 0.6) is 0 Å². The van der Waals surface area contributed by atoms with E-state index in [4.69, 9.17) is 21.7 Å². The van der Waals surface area contributed by atoms with Gasteiger partial charge in [0.25, 0.3) is 0 Å². The molecule has 198 valence electrons. The molecule has 6 nitrogen and oxygen atoms in total. The van der Waals surface area contributed by atoms with Crippen LogP contribution in [0, 0.1) is 0 Å². The van der Waals surface area contributed by atoms with Crippen molar-refractivity contribution >= 4 is 34.6 Å².